The Labute approximate surface area is 146 Å². The lowest BCUT2D eigenvalue weighted by atomic mass is 10.1. The van der Waals surface area contributed by atoms with Crippen LogP contribution in [0.3, 0.4) is 0 Å². The average Bonchev–Trinajstić information content (AvgIpc) is 3.06. The summed E-state index contributed by atoms with van der Waals surface area (Å²) in [7, 11) is 2.08. The number of thiophene rings is 1. The number of carbonyl (C=O) groups is 1. The number of likely N-dealkylation sites (N-methyl/N-ethyl adjacent to an activating group) is 1. The first-order chi connectivity index (χ1) is 11.7. The summed E-state index contributed by atoms with van der Waals surface area (Å²) in [5, 5.41) is 7.96. The quantitative estimate of drug-likeness (QED) is 0.824. The third-order valence-electron chi connectivity index (χ3n) is 3.93. The molecule has 2 heterocycles. The molecule has 2 N–H and O–H groups in total. The van der Waals surface area contributed by atoms with Gasteiger partial charge in [0, 0.05) is 23.8 Å². The minimum Gasteiger partial charge on any atom is -0.334 e. The molecule has 4 nitrogen and oxygen atoms in total. The number of amides is 2. The Balaban J connectivity index is 1.58. The molecular weight excluding hydrogens is 318 g/mol. The molecule has 2 aromatic rings. The Morgan fingerprint density at radius 2 is 2.21 bits per heavy atom. The number of hydrogen-bond donors (Lipinski definition) is 2. The van der Waals surface area contributed by atoms with Gasteiger partial charge in [0.15, 0.2) is 0 Å². The van der Waals surface area contributed by atoms with Gasteiger partial charge >= 0.3 is 6.03 Å². The van der Waals surface area contributed by atoms with Gasteiger partial charge in [0.2, 0.25) is 0 Å². The maximum atomic E-state index is 12.2. The number of rotatable bonds is 2. The molecule has 0 spiro atoms. The lowest BCUT2D eigenvalue weighted by molar-refractivity contribution is 0.216. The van der Waals surface area contributed by atoms with E-state index in [1.165, 1.54) is 0 Å². The number of benzene rings is 1. The SMILES string of the molecule is CN1CCCC(NC(=O)Nc2cccc(C#Cc3cccs3)c2)C1. The maximum Gasteiger partial charge on any atom is 0.319 e. The van der Waals surface area contributed by atoms with Crippen LogP contribution in [-0.4, -0.2) is 37.1 Å². The molecule has 24 heavy (non-hydrogen) atoms. The minimum absolute atomic E-state index is 0.154. The first-order valence-corrected chi connectivity index (χ1v) is 8.99. The number of urea groups is 1. The van der Waals surface area contributed by atoms with Gasteiger partial charge in [-0.25, -0.2) is 4.79 Å². The van der Waals surface area contributed by atoms with Crippen molar-refractivity contribution in [3.05, 3.63) is 52.2 Å². The van der Waals surface area contributed by atoms with Crippen LogP contribution in [0.15, 0.2) is 41.8 Å². The van der Waals surface area contributed by atoms with Crippen LogP contribution in [0, 0.1) is 11.8 Å². The standard InChI is InChI=1S/C19H21N3OS/c1-22-11-3-7-17(14-22)21-19(23)20-16-6-2-5-15(13-16)9-10-18-8-4-12-24-18/h2,4-6,8,12-13,17H,3,7,11,14H2,1H3,(H2,20,21,23). The van der Waals surface area contributed by atoms with Gasteiger partial charge in [-0.3, -0.25) is 0 Å². The summed E-state index contributed by atoms with van der Waals surface area (Å²) < 4.78 is 0. The van der Waals surface area contributed by atoms with Gasteiger partial charge < -0.3 is 15.5 Å². The Bertz CT molecular complexity index is 745. The fourth-order valence-electron chi connectivity index (χ4n) is 2.79. The smallest absolute Gasteiger partial charge is 0.319 e. The van der Waals surface area contributed by atoms with Gasteiger partial charge in [-0.05, 0) is 56.1 Å². The summed E-state index contributed by atoms with van der Waals surface area (Å²) in [5.74, 6) is 6.26. The molecule has 0 radical (unpaired) electrons. The first kappa shape index (κ1) is 16.6. The first-order valence-electron chi connectivity index (χ1n) is 8.11. The molecule has 0 aliphatic carbocycles. The number of carbonyl (C=O) groups excluding carboxylic acids is 1. The van der Waals surface area contributed by atoms with Crippen LogP contribution in [0.5, 0.6) is 0 Å². The largest absolute Gasteiger partial charge is 0.334 e. The maximum absolute atomic E-state index is 12.2. The number of anilines is 1. The van der Waals surface area contributed by atoms with E-state index in [9.17, 15) is 4.79 Å². The predicted octanol–water partition coefficient (Wildman–Crippen LogP) is 3.36. The van der Waals surface area contributed by atoms with Crippen molar-refractivity contribution >= 4 is 23.1 Å². The van der Waals surface area contributed by atoms with Crippen LogP contribution >= 0.6 is 11.3 Å². The van der Waals surface area contributed by atoms with Gasteiger partial charge in [-0.15, -0.1) is 11.3 Å². The molecule has 1 saturated heterocycles. The van der Waals surface area contributed by atoms with Crippen molar-refractivity contribution in [2.75, 3.05) is 25.5 Å². The highest BCUT2D eigenvalue weighted by molar-refractivity contribution is 7.10. The molecule has 1 unspecified atom stereocenters. The number of likely N-dealkylation sites (tertiary alicyclic amines) is 1. The third kappa shape index (κ3) is 4.85. The average molecular weight is 339 g/mol. The monoisotopic (exact) mass is 339 g/mol. The van der Waals surface area contributed by atoms with Crippen molar-refractivity contribution in [3.63, 3.8) is 0 Å². The summed E-state index contributed by atoms with van der Waals surface area (Å²) in [5.41, 5.74) is 1.65. The Morgan fingerprint density at radius 3 is 3.00 bits per heavy atom. The van der Waals surface area contributed by atoms with E-state index < -0.39 is 0 Å². The number of nitrogens with zero attached hydrogens (tertiary/aromatic N) is 1. The van der Waals surface area contributed by atoms with Crippen molar-refractivity contribution in [2.24, 2.45) is 0 Å². The normalized spacial score (nSPS) is 17.6. The summed E-state index contributed by atoms with van der Waals surface area (Å²) in [4.78, 5) is 15.4. The predicted molar refractivity (Wildman–Crippen MR) is 99.4 cm³/mol. The zero-order valence-electron chi connectivity index (χ0n) is 13.7. The summed E-state index contributed by atoms with van der Waals surface area (Å²) >= 11 is 1.62. The van der Waals surface area contributed by atoms with Crippen molar-refractivity contribution < 1.29 is 4.79 Å². The van der Waals surface area contributed by atoms with Gasteiger partial charge in [-0.2, -0.15) is 0 Å². The van der Waals surface area contributed by atoms with E-state index in [0.29, 0.717) is 0 Å². The van der Waals surface area contributed by atoms with Gasteiger partial charge in [0.25, 0.3) is 0 Å². The van der Waals surface area contributed by atoms with Crippen LogP contribution in [0.4, 0.5) is 10.5 Å². The van der Waals surface area contributed by atoms with E-state index in [4.69, 9.17) is 0 Å². The van der Waals surface area contributed by atoms with Crippen molar-refractivity contribution in [3.8, 4) is 11.8 Å². The van der Waals surface area contributed by atoms with Gasteiger partial charge in [0.1, 0.15) is 0 Å². The number of nitrogens with one attached hydrogen (secondary N) is 2. The molecule has 1 aromatic heterocycles. The fourth-order valence-corrected chi connectivity index (χ4v) is 3.37. The zero-order valence-corrected chi connectivity index (χ0v) is 14.5. The molecule has 1 aliphatic rings. The molecule has 2 amide bonds. The molecule has 1 aliphatic heterocycles. The Morgan fingerprint density at radius 1 is 1.29 bits per heavy atom. The second kappa shape index (κ2) is 8.00. The molecule has 0 saturated carbocycles. The molecule has 1 fully saturated rings. The van der Waals surface area contributed by atoms with E-state index >= 15 is 0 Å². The van der Waals surface area contributed by atoms with E-state index in [-0.39, 0.29) is 12.1 Å². The summed E-state index contributed by atoms with van der Waals surface area (Å²) in [6, 6.07) is 11.7. The minimum atomic E-state index is -0.154. The van der Waals surface area contributed by atoms with E-state index in [1.807, 2.05) is 41.8 Å². The highest BCUT2D eigenvalue weighted by atomic mass is 32.1. The lowest BCUT2D eigenvalue weighted by Crippen LogP contribution is -2.47. The second-order valence-electron chi connectivity index (χ2n) is 6.01. The van der Waals surface area contributed by atoms with Crippen molar-refractivity contribution in [1.29, 1.82) is 0 Å². The van der Waals surface area contributed by atoms with Crippen molar-refractivity contribution in [2.45, 2.75) is 18.9 Å². The third-order valence-corrected chi connectivity index (χ3v) is 4.72. The Hall–Kier alpha value is -2.29. The van der Waals surface area contributed by atoms with E-state index in [1.54, 1.807) is 11.3 Å². The topological polar surface area (TPSA) is 44.4 Å². The summed E-state index contributed by atoms with van der Waals surface area (Å²) in [6.45, 7) is 2.00. The fraction of sp³-hybridized carbons (Fsp3) is 0.316. The second-order valence-corrected chi connectivity index (χ2v) is 6.96. The van der Waals surface area contributed by atoms with Gasteiger partial charge in [0.05, 0.1) is 4.88 Å². The van der Waals surface area contributed by atoms with Gasteiger partial charge in [-0.1, -0.05) is 24.0 Å². The molecule has 5 heteroatoms. The molecule has 1 atom stereocenters. The zero-order chi connectivity index (χ0) is 16.8. The van der Waals surface area contributed by atoms with Crippen LogP contribution < -0.4 is 10.6 Å². The summed E-state index contributed by atoms with van der Waals surface area (Å²) in [6.07, 6.45) is 2.15. The Kier molecular flexibility index (Phi) is 5.52. The molecule has 124 valence electrons. The van der Waals surface area contributed by atoms with Crippen LogP contribution in [0.1, 0.15) is 23.3 Å². The highest BCUT2D eigenvalue weighted by Gasteiger charge is 2.18. The molecule has 0 bridgehead atoms. The molecule has 1 aromatic carbocycles. The molecule has 3 rings (SSSR count). The van der Waals surface area contributed by atoms with Crippen molar-refractivity contribution in [1.82, 2.24) is 10.2 Å². The van der Waals surface area contributed by atoms with Crippen LogP contribution in [0.25, 0.3) is 0 Å². The van der Waals surface area contributed by atoms with Crippen LogP contribution in [0.2, 0.25) is 0 Å². The number of hydrogen-bond acceptors (Lipinski definition) is 3. The van der Waals surface area contributed by atoms with E-state index in [0.717, 1.165) is 42.1 Å². The number of piperidine rings is 1. The van der Waals surface area contributed by atoms with Crippen LogP contribution in [-0.2, 0) is 0 Å². The van der Waals surface area contributed by atoms with E-state index in [2.05, 4.69) is 34.4 Å². The highest BCUT2D eigenvalue weighted by Crippen LogP contribution is 2.12. The molecular formula is C19H21N3OS. The lowest BCUT2D eigenvalue weighted by Gasteiger charge is -2.30.